The molecular formula is C21H27NO2S. The van der Waals surface area contributed by atoms with Gasteiger partial charge in [0.2, 0.25) is 0 Å². The van der Waals surface area contributed by atoms with Crippen LogP contribution in [0.15, 0.2) is 53.5 Å². The van der Waals surface area contributed by atoms with Crippen LogP contribution in [0, 0.1) is 0 Å². The number of allylic oxidation sites excluding steroid dienone is 2. The Balaban J connectivity index is 2.15. The third-order valence-electron chi connectivity index (χ3n) is 5.65. The van der Waals surface area contributed by atoms with Crippen molar-refractivity contribution in [3.63, 3.8) is 0 Å². The third kappa shape index (κ3) is 3.01. The van der Waals surface area contributed by atoms with Gasteiger partial charge in [-0.1, -0.05) is 43.4 Å². The van der Waals surface area contributed by atoms with Crippen LogP contribution in [0.2, 0.25) is 0 Å². The van der Waals surface area contributed by atoms with Crippen LogP contribution in [0.5, 0.6) is 0 Å². The van der Waals surface area contributed by atoms with Crippen LogP contribution < -0.4 is 0 Å². The molecule has 0 saturated carbocycles. The minimum absolute atomic E-state index is 0.263. The highest BCUT2D eigenvalue weighted by molar-refractivity contribution is 7.98. The van der Waals surface area contributed by atoms with Gasteiger partial charge in [0, 0.05) is 24.4 Å². The highest BCUT2D eigenvalue weighted by atomic mass is 32.2. The Kier molecular flexibility index (Phi) is 5.52. The summed E-state index contributed by atoms with van der Waals surface area (Å²) in [6.07, 6.45) is 11.0. The number of morpholine rings is 1. The van der Waals surface area contributed by atoms with E-state index < -0.39 is 5.41 Å². The van der Waals surface area contributed by atoms with Gasteiger partial charge in [-0.25, -0.2) is 0 Å². The number of carbonyl (C=O) groups excluding carboxylic acids is 1. The lowest BCUT2D eigenvalue weighted by atomic mass is 9.60. The maximum atomic E-state index is 13.4. The summed E-state index contributed by atoms with van der Waals surface area (Å²) in [5, 5.41) is 0. The maximum Gasteiger partial charge on any atom is 0.149 e. The second-order valence-corrected chi connectivity index (χ2v) is 7.66. The summed E-state index contributed by atoms with van der Waals surface area (Å²) in [6.45, 7) is 7.29. The Hall–Kier alpha value is -1.36. The van der Waals surface area contributed by atoms with E-state index in [1.807, 2.05) is 13.0 Å². The number of hydrogen-bond acceptors (Lipinski definition) is 4. The van der Waals surface area contributed by atoms with Gasteiger partial charge in [0.25, 0.3) is 0 Å². The highest BCUT2D eigenvalue weighted by Gasteiger charge is 2.54. The zero-order chi connectivity index (χ0) is 17.9. The Morgan fingerprint density at radius 1 is 1.16 bits per heavy atom. The number of Topliss-reactive ketones (excluding diaryl/α,β-unsaturated/α-hetero) is 1. The smallest absolute Gasteiger partial charge is 0.149 e. The molecule has 2 aliphatic rings. The summed E-state index contributed by atoms with van der Waals surface area (Å²) in [5.41, 5.74) is 0.0244. The highest BCUT2D eigenvalue weighted by Crippen LogP contribution is 2.46. The number of thioether (sulfide) groups is 1. The van der Waals surface area contributed by atoms with E-state index in [-0.39, 0.29) is 11.3 Å². The zero-order valence-corrected chi connectivity index (χ0v) is 16.1. The van der Waals surface area contributed by atoms with Crippen LogP contribution in [0.1, 0.15) is 25.8 Å². The molecule has 1 aliphatic carbocycles. The lowest BCUT2D eigenvalue weighted by Crippen LogP contribution is -2.64. The van der Waals surface area contributed by atoms with Crippen LogP contribution in [-0.4, -0.2) is 48.8 Å². The lowest BCUT2D eigenvalue weighted by Gasteiger charge is -2.53. The van der Waals surface area contributed by atoms with Crippen molar-refractivity contribution in [3.05, 3.63) is 54.1 Å². The molecule has 2 atom stereocenters. The molecule has 4 heteroatoms. The summed E-state index contributed by atoms with van der Waals surface area (Å²) >= 11 is 1.72. The molecule has 0 radical (unpaired) electrons. The van der Waals surface area contributed by atoms with Crippen LogP contribution >= 0.6 is 11.8 Å². The van der Waals surface area contributed by atoms with Crippen molar-refractivity contribution < 1.29 is 9.53 Å². The summed E-state index contributed by atoms with van der Waals surface area (Å²) in [5.74, 6) is 0.263. The van der Waals surface area contributed by atoms with E-state index in [1.54, 1.807) is 11.8 Å². The molecule has 0 N–H and O–H groups in total. The first kappa shape index (κ1) is 18.4. The molecule has 25 heavy (non-hydrogen) atoms. The fourth-order valence-corrected chi connectivity index (χ4v) is 4.59. The predicted octanol–water partition coefficient (Wildman–Crippen LogP) is 3.84. The molecule has 1 saturated heterocycles. The van der Waals surface area contributed by atoms with Crippen molar-refractivity contribution >= 4 is 17.5 Å². The number of nitrogens with zero attached hydrogens (tertiary/aromatic N) is 1. The second-order valence-electron chi connectivity index (χ2n) is 6.78. The molecule has 3 rings (SSSR count). The van der Waals surface area contributed by atoms with Gasteiger partial charge in [0.05, 0.1) is 24.2 Å². The van der Waals surface area contributed by atoms with Gasteiger partial charge < -0.3 is 4.74 Å². The average molecular weight is 358 g/mol. The molecule has 1 aromatic rings. The van der Waals surface area contributed by atoms with E-state index in [2.05, 4.69) is 60.6 Å². The topological polar surface area (TPSA) is 29.5 Å². The number of ketones is 1. The van der Waals surface area contributed by atoms with Crippen molar-refractivity contribution in [2.24, 2.45) is 0 Å². The number of rotatable bonds is 5. The van der Waals surface area contributed by atoms with Crippen molar-refractivity contribution in [2.45, 2.75) is 36.1 Å². The Labute approximate surface area is 155 Å². The molecule has 1 aliphatic heterocycles. The van der Waals surface area contributed by atoms with Crippen LogP contribution in [0.25, 0.3) is 0 Å². The van der Waals surface area contributed by atoms with Gasteiger partial charge in [0.1, 0.15) is 5.78 Å². The summed E-state index contributed by atoms with van der Waals surface area (Å²) in [6, 6.07) is 8.50. The number of ether oxygens (including phenoxy) is 1. The molecule has 0 aromatic heterocycles. The predicted molar refractivity (Wildman–Crippen MR) is 104 cm³/mol. The Morgan fingerprint density at radius 2 is 1.80 bits per heavy atom. The van der Waals surface area contributed by atoms with Crippen molar-refractivity contribution in [1.82, 2.24) is 4.90 Å². The van der Waals surface area contributed by atoms with E-state index >= 15 is 0 Å². The second kappa shape index (κ2) is 7.48. The molecule has 0 amide bonds. The van der Waals surface area contributed by atoms with Gasteiger partial charge in [-0.3, -0.25) is 9.69 Å². The minimum Gasteiger partial charge on any atom is -0.379 e. The molecule has 3 nitrogen and oxygen atoms in total. The molecular weight excluding hydrogens is 330 g/mol. The first-order valence-electron chi connectivity index (χ1n) is 8.96. The van der Waals surface area contributed by atoms with Gasteiger partial charge in [-0.15, -0.1) is 11.8 Å². The quantitative estimate of drug-likeness (QED) is 0.749. The number of carbonyl (C=O) groups is 1. The van der Waals surface area contributed by atoms with Gasteiger partial charge in [-0.2, -0.15) is 0 Å². The molecule has 0 spiro atoms. The maximum absolute atomic E-state index is 13.4. The Morgan fingerprint density at radius 3 is 2.40 bits per heavy atom. The number of hydrogen-bond donors (Lipinski definition) is 0. The largest absolute Gasteiger partial charge is 0.379 e. The van der Waals surface area contributed by atoms with Crippen molar-refractivity contribution in [3.8, 4) is 0 Å². The molecule has 2 unspecified atom stereocenters. The first-order chi connectivity index (χ1) is 12.1. The standard InChI is InChI=1S/C21H27NO2S/c1-4-19(23)21(17-7-9-18(25-3)10-8-17)12-6-5-11-20(21,2)22-13-15-24-16-14-22/h5-12H,4,13-16H2,1-3H3. The fraction of sp³-hybridized carbons (Fsp3) is 0.476. The van der Waals surface area contributed by atoms with Crippen molar-refractivity contribution in [1.29, 1.82) is 0 Å². The van der Waals surface area contributed by atoms with Crippen LogP contribution in [0.3, 0.4) is 0 Å². The SMILES string of the molecule is CCC(=O)C1(c2ccc(SC)cc2)C=CC=CC1(C)N1CCOCC1. The average Bonchev–Trinajstić information content (AvgIpc) is 2.68. The fourth-order valence-electron chi connectivity index (χ4n) is 4.18. The van der Waals surface area contributed by atoms with E-state index in [1.165, 1.54) is 4.90 Å². The molecule has 1 heterocycles. The zero-order valence-electron chi connectivity index (χ0n) is 15.3. The van der Waals surface area contributed by atoms with E-state index in [0.29, 0.717) is 6.42 Å². The molecule has 1 aromatic carbocycles. The Bertz CT molecular complexity index is 676. The monoisotopic (exact) mass is 357 g/mol. The molecule has 1 fully saturated rings. The first-order valence-corrected chi connectivity index (χ1v) is 10.2. The van der Waals surface area contributed by atoms with E-state index in [4.69, 9.17) is 4.74 Å². The molecule has 134 valence electrons. The van der Waals surface area contributed by atoms with E-state index in [9.17, 15) is 4.79 Å². The summed E-state index contributed by atoms with van der Waals surface area (Å²) in [7, 11) is 0. The number of benzene rings is 1. The van der Waals surface area contributed by atoms with Gasteiger partial charge in [-0.05, 0) is 30.9 Å². The summed E-state index contributed by atoms with van der Waals surface area (Å²) in [4.78, 5) is 17.0. The normalized spacial score (nSPS) is 29.7. The van der Waals surface area contributed by atoms with Crippen LogP contribution in [0.4, 0.5) is 0 Å². The van der Waals surface area contributed by atoms with Crippen LogP contribution in [-0.2, 0) is 14.9 Å². The minimum atomic E-state index is -0.662. The third-order valence-corrected chi connectivity index (χ3v) is 6.39. The van der Waals surface area contributed by atoms with E-state index in [0.717, 1.165) is 31.9 Å². The molecule has 0 bridgehead atoms. The van der Waals surface area contributed by atoms with Crippen molar-refractivity contribution in [2.75, 3.05) is 32.6 Å². The lowest BCUT2D eigenvalue weighted by molar-refractivity contribution is -0.128. The van der Waals surface area contributed by atoms with Gasteiger partial charge in [0.15, 0.2) is 0 Å². The summed E-state index contributed by atoms with van der Waals surface area (Å²) < 4.78 is 5.56. The van der Waals surface area contributed by atoms with Gasteiger partial charge >= 0.3 is 0 Å².